The van der Waals surface area contributed by atoms with Crippen molar-refractivity contribution < 1.29 is 22.6 Å². The van der Waals surface area contributed by atoms with Crippen LogP contribution in [0.25, 0.3) is 0 Å². The summed E-state index contributed by atoms with van der Waals surface area (Å²) >= 11 is 3.45. The van der Waals surface area contributed by atoms with E-state index in [1.165, 1.54) is 18.3 Å². The minimum absolute atomic E-state index is 0.0917. The molecular formula is C25H22BrF2N3O3S. The zero-order chi connectivity index (χ0) is 25.5. The van der Waals surface area contributed by atoms with Crippen LogP contribution in [0, 0.1) is 11.6 Å². The molecular weight excluding hydrogens is 540 g/mol. The van der Waals surface area contributed by atoms with E-state index in [4.69, 9.17) is 0 Å². The first kappa shape index (κ1) is 25.3. The third kappa shape index (κ3) is 5.24. The van der Waals surface area contributed by atoms with Crippen molar-refractivity contribution in [1.29, 1.82) is 0 Å². The Hall–Kier alpha value is -2.82. The number of carbonyl (C=O) groups excluding carboxylic acids is 2. The van der Waals surface area contributed by atoms with Crippen molar-refractivity contribution in [3.63, 3.8) is 0 Å². The van der Waals surface area contributed by atoms with Gasteiger partial charge in [-0.2, -0.15) is 0 Å². The van der Waals surface area contributed by atoms with E-state index in [2.05, 4.69) is 25.6 Å². The third-order valence-electron chi connectivity index (χ3n) is 5.41. The number of nitrogens with one attached hydrogen (secondary N) is 1. The van der Waals surface area contributed by atoms with Crippen LogP contribution in [-0.2, 0) is 17.4 Å². The molecule has 0 radical (unpaired) electrons. The van der Waals surface area contributed by atoms with Gasteiger partial charge in [0.05, 0.1) is 50.5 Å². The van der Waals surface area contributed by atoms with E-state index in [9.17, 15) is 22.6 Å². The van der Waals surface area contributed by atoms with Gasteiger partial charge in [-0.25, -0.2) is 22.6 Å². The predicted molar refractivity (Wildman–Crippen MR) is 133 cm³/mol. The highest BCUT2D eigenvalue weighted by molar-refractivity contribution is 9.10. The average molecular weight is 562 g/mol. The van der Waals surface area contributed by atoms with Gasteiger partial charge in [-0.1, -0.05) is 12.1 Å². The number of halogens is 3. The number of amides is 2. The first-order chi connectivity index (χ1) is 16.5. The maximum Gasteiger partial charge on any atom is 0.266 e. The molecule has 182 valence electrons. The van der Waals surface area contributed by atoms with Crippen molar-refractivity contribution >= 4 is 44.4 Å². The quantitative estimate of drug-likeness (QED) is 0.416. The van der Waals surface area contributed by atoms with Gasteiger partial charge in [-0.3, -0.25) is 14.6 Å². The topological polar surface area (TPSA) is 79.4 Å². The molecule has 2 heterocycles. The van der Waals surface area contributed by atoms with Crippen molar-refractivity contribution in [2.24, 2.45) is 0 Å². The summed E-state index contributed by atoms with van der Waals surface area (Å²) in [5, 5.41) is 0. The van der Waals surface area contributed by atoms with Gasteiger partial charge in [-0.15, -0.1) is 0 Å². The Labute approximate surface area is 212 Å². The number of carbonyl (C=O) groups is 2. The average Bonchev–Trinajstić information content (AvgIpc) is 3.02. The highest BCUT2D eigenvalue weighted by Crippen LogP contribution is 2.33. The van der Waals surface area contributed by atoms with Crippen LogP contribution in [0.2, 0.25) is 0 Å². The molecule has 0 fully saturated rings. The van der Waals surface area contributed by atoms with Crippen LogP contribution in [0.5, 0.6) is 0 Å². The van der Waals surface area contributed by atoms with E-state index in [0.29, 0.717) is 26.9 Å². The Kier molecular flexibility index (Phi) is 6.99. The molecule has 1 N–H and O–H groups in total. The van der Waals surface area contributed by atoms with E-state index in [1.807, 2.05) is 0 Å². The minimum atomic E-state index is -1.52. The molecule has 2 amide bonds. The zero-order valence-corrected chi connectivity index (χ0v) is 21.5. The van der Waals surface area contributed by atoms with E-state index in [0.717, 1.165) is 11.0 Å². The Balaban J connectivity index is 1.69. The number of benzene rings is 2. The fraction of sp³-hybridized carbons (Fsp3) is 0.240. The van der Waals surface area contributed by atoms with Crippen molar-refractivity contribution in [2.75, 3.05) is 4.90 Å². The van der Waals surface area contributed by atoms with Gasteiger partial charge in [0.25, 0.3) is 11.8 Å². The van der Waals surface area contributed by atoms with Gasteiger partial charge in [0, 0.05) is 10.5 Å². The largest absolute Gasteiger partial charge is 0.268 e. The van der Waals surface area contributed by atoms with Crippen LogP contribution >= 0.6 is 15.9 Å². The van der Waals surface area contributed by atoms with Crippen LogP contribution in [0.4, 0.5) is 14.5 Å². The number of hydrogen-bond donors (Lipinski definition) is 1. The van der Waals surface area contributed by atoms with E-state index in [-0.39, 0.29) is 12.1 Å². The number of aromatic nitrogens is 1. The van der Waals surface area contributed by atoms with E-state index < -0.39 is 45.2 Å². The van der Waals surface area contributed by atoms with Gasteiger partial charge in [0.15, 0.2) is 0 Å². The molecule has 1 aromatic heterocycles. The summed E-state index contributed by atoms with van der Waals surface area (Å²) < 4.78 is 43.3. The Bertz CT molecular complexity index is 1300. The molecule has 3 aromatic rings. The summed E-state index contributed by atoms with van der Waals surface area (Å²) in [5.74, 6) is -2.34. The summed E-state index contributed by atoms with van der Waals surface area (Å²) in [6.45, 7) is 5.38. The lowest BCUT2D eigenvalue weighted by Gasteiger charge is -2.25. The van der Waals surface area contributed by atoms with Crippen LogP contribution in [0.1, 0.15) is 58.8 Å². The molecule has 1 aliphatic rings. The summed E-state index contributed by atoms with van der Waals surface area (Å²) in [6.07, 6.45) is 1.47. The van der Waals surface area contributed by atoms with Crippen LogP contribution < -0.4 is 9.62 Å². The highest BCUT2D eigenvalue weighted by Gasteiger charge is 2.37. The molecule has 35 heavy (non-hydrogen) atoms. The van der Waals surface area contributed by atoms with Gasteiger partial charge in [0.2, 0.25) is 0 Å². The second kappa shape index (κ2) is 9.67. The van der Waals surface area contributed by atoms with E-state index >= 15 is 0 Å². The normalized spacial score (nSPS) is 15.3. The fourth-order valence-electron chi connectivity index (χ4n) is 3.71. The second-order valence-corrected chi connectivity index (χ2v) is 11.9. The van der Waals surface area contributed by atoms with E-state index in [1.54, 1.807) is 51.1 Å². The SMILES string of the molecule is CC(C)(C)S(=O)NC(Cc1cc(F)cc(F)c1)c1ncc(N2C(=O)c3ccccc3C2=O)cc1Br. The molecule has 4 rings (SSSR count). The highest BCUT2D eigenvalue weighted by atomic mass is 79.9. The standard InChI is InChI=1S/C25H22BrF2N3O3S/c1-25(2,3)35(34)30-21(10-14-8-15(27)11-16(28)9-14)22-20(26)12-17(13-29-22)31-23(32)18-6-4-5-7-19(18)24(31)33/h4-9,11-13,21,30H,10H2,1-3H3. The molecule has 2 unspecified atom stereocenters. The number of imide groups is 1. The molecule has 0 saturated heterocycles. The number of rotatable bonds is 6. The maximum absolute atomic E-state index is 13.8. The first-order valence-corrected chi connectivity index (χ1v) is 12.7. The second-order valence-electron chi connectivity index (χ2n) is 9.09. The monoisotopic (exact) mass is 561 g/mol. The Morgan fingerprint density at radius 1 is 1.03 bits per heavy atom. The summed E-state index contributed by atoms with van der Waals surface area (Å²) in [4.78, 5) is 31.2. The molecule has 0 saturated carbocycles. The maximum atomic E-state index is 13.8. The molecule has 2 aromatic carbocycles. The molecule has 0 aliphatic carbocycles. The predicted octanol–water partition coefficient (Wildman–Crippen LogP) is 5.26. The molecule has 2 atom stereocenters. The number of nitrogens with zero attached hydrogens (tertiary/aromatic N) is 2. The fourth-order valence-corrected chi connectivity index (χ4v) is 5.13. The van der Waals surface area contributed by atoms with Gasteiger partial charge >= 0.3 is 0 Å². The van der Waals surface area contributed by atoms with Crippen molar-refractivity contribution in [2.45, 2.75) is 38.0 Å². The molecule has 0 bridgehead atoms. The summed E-state index contributed by atoms with van der Waals surface area (Å²) in [6, 6.07) is 10.6. The Morgan fingerprint density at radius 3 is 2.11 bits per heavy atom. The lowest BCUT2D eigenvalue weighted by atomic mass is 10.0. The van der Waals surface area contributed by atoms with Crippen LogP contribution in [0.3, 0.4) is 0 Å². The smallest absolute Gasteiger partial charge is 0.266 e. The first-order valence-electron chi connectivity index (χ1n) is 10.7. The zero-order valence-electron chi connectivity index (χ0n) is 19.1. The molecule has 6 nitrogen and oxygen atoms in total. The van der Waals surface area contributed by atoms with Crippen LogP contribution in [0.15, 0.2) is 59.2 Å². The number of pyridine rings is 1. The third-order valence-corrected chi connectivity index (χ3v) is 7.65. The number of fused-ring (bicyclic) bond motifs is 1. The minimum Gasteiger partial charge on any atom is -0.268 e. The van der Waals surface area contributed by atoms with Gasteiger partial charge < -0.3 is 0 Å². The van der Waals surface area contributed by atoms with Crippen LogP contribution in [-0.4, -0.2) is 25.8 Å². The summed E-state index contributed by atoms with van der Waals surface area (Å²) in [5.41, 5.74) is 1.65. The summed E-state index contributed by atoms with van der Waals surface area (Å²) in [7, 11) is -1.52. The molecule has 1 aliphatic heterocycles. The molecule has 0 spiro atoms. The number of hydrogen-bond acceptors (Lipinski definition) is 4. The van der Waals surface area contributed by atoms with Crippen molar-refractivity contribution in [3.8, 4) is 0 Å². The van der Waals surface area contributed by atoms with Crippen molar-refractivity contribution in [3.05, 3.63) is 93.2 Å². The lowest BCUT2D eigenvalue weighted by molar-refractivity contribution is 0.0926. The Morgan fingerprint density at radius 2 is 1.60 bits per heavy atom. The number of anilines is 1. The van der Waals surface area contributed by atoms with Gasteiger partial charge in [-0.05, 0) is 79.0 Å². The molecule has 10 heteroatoms. The van der Waals surface area contributed by atoms with Crippen molar-refractivity contribution in [1.82, 2.24) is 9.71 Å². The van der Waals surface area contributed by atoms with Gasteiger partial charge in [0.1, 0.15) is 11.6 Å². The lowest BCUT2D eigenvalue weighted by Crippen LogP contribution is -2.37.